The molecule has 2 heterocycles. The molecule has 1 saturated heterocycles. The average molecular weight is 377 g/mol. The number of rotatable bonds is 2. The van der Waals surface area contributed by atoms with Gasteiger partial charge in [0.1, 0.15) is 0 Å². The average Bonchev–Trinajstić information content (AvgIpc) is 2.57. The van der Waals surface area contributed by atoms with Crippen LogP contribution >= 0.6 is 0 Å². The van der Waals surface area contributed by atoms with Gasteiger partial charge in [-0.15, -0.1) is 0 Å². The molecule has 4 nitrogen and oxygen atoms in total. The standard InChI is InChI=1S/C14H19NO3Te/c1-8-9(2)19(18)14(11(8)15-13(14)17)12(16)10-6-4-3-5-7-10/h4,6,10-12,16H,3,5,7H2,1-2H3,(H,15,17)/t10-,11+,12+,14+/m1/s1. The fourth-order valence-electron chi connectivity index (χ4n) is 3.46. The van der Waals surface area contributed by atoms with E-state index in [-0.39, 0.29) is 17.9 Å². The summed E-state index contributed by atoms with van der Waals surface area (Å²) in [7, 11) is 0. The van der Waals surface area contributed by atoms with Crippen LogP contribution < -0.4 is 5.32 Å². The van der Waals surface area contributed by atoms with Crippen LogP contribution in [0.25, 0.3) is 0 Å². The summed E-state index contributed by atoms with van der Waals surface area (Å²) in [5.74, 6) is -0.231. The van der Waals surface area contributed by atoms with E-state index in [0.717, 1.165) is 28.5 Å². The fraction of sp³-hybridized carbons (Fsp3) is 0.643. The summed E-state index contributed by atoms with van der Waals surface area (Å²) >= 11 is -3.00. The molecule has 2 aliphatic heterocycles. The normalized spacial score (nSPS) is 39.8. The van der Waals surface area contributed by atoms with Gasteiger partial charge in [0.25, 0.3) is 0 Å². The molecule has 104 valence electrons. The quantitative estimate of drug-likeness (QED) is 0.433. The van der Waals surface area contributed by atoms with E-state index >= 15 is 0 Å². The van der Waals surface area contributed by atoms with Crippen molar-refractivity contribution in [2.45, 2.75) is 48.7 Å². The van der Waals surface area contributed by atoms with Gasteiger partial charge in [0, 0.05) is 0 Å². The molecule has 1 amide bonds. The summed E-state index contributed by atoms with van der Waals surface area (Å²) in [5, 5.41) is 13.6. The van der Waals surface area contributed by atoms with Crippen LogP contribution in [0.1, 0.15) is 33.1 Å². The third kappa shape index (κ3) is 1.59. The van der Waals surface area contributed by atoms with Crippen molar-refractivity contribution < 1.29 is 13.0 Å². The van der Waals surface area contributed by atoms with Crippen molar-refractivity contribution >= 4 is 25.4 Å². The van der Waals surface area contributed by atoms with Crippen LogP contribution in [0.5, 0.6) is 0 Å². The van der Waals surface area contributed by atoms with E-state index in [9.17, 15) is 13.0 Å². The number of fused-ring (bicyclic) bond motifs is 1. The van der Waals surface area contributed by atoms with Crippen LogP contribution in [0.15, 0.2) is 21.3 Å². The van der Waals surface area contributed by atoms with E-state index in [1.165, 1.54) is 0 Å². The summed E-state index contributed by atoms with van der Waals surface area (Å²) in [6, 6.07) is -0.195. The van der Waals surface area contributed by atoms with Crippen molar-refractivity contribution in [3.63, 3.8) is 0 Å². The van der Waals surface area contributed by atoms with Gasteiger partial charge in [-0.3, -0.25) is 0 Å². The molecule has 5 heteroatoms. The number of β-lactam (4-membered cyclic amide) rings is 1. The summed E-state index contributed by atoms with van der Waals surface area (Å²) in [6.07, 6.45) is 6.20. The van der Waals surface area contributed by atoms with Crippen LogP contribution in [0.4, 0.5) is 0 Å². The molecule has 1 aliphatic carbocycles. The number of carbonyl (C=O) groups is 1. The van der Waals surface area contributed by atoms with Gasteiger partial charge in [-0.25, -0.2) is 0 Å². The molecular weight excluding hydrogens is 358 g/mol. The predicted molar refractivity (Wildman–Crippen MR) is 71.9 cm³/mol. The number of amides is 1. The number of carbonyl (C=O) groups excluding carboxylic acids is 1. The molecule has 0 aromatic rings. The molecule has 3 rings (SSSR count). The van der Waals surface area contributed by atoms with Crippen molar-refractivity contribution in [3.8, 4) is 0 Å². The van der Waals surface area contributed by atoms with E-state index < -0.39 is 29.1 Å². The van der Waals surface area contributed by atoms with E-state index in [1.54, 1.807) is 0 Å². The molecule has 0 aromatic heterocycles. The Morgan fingerprint density at radius 1 is 1.53 bits per heavy atom. The third-order valence-electron chi connectivity index (χ3n) is 4.77. The number of hydrogen-bond donors (Lipinski definition) is 2. The predicted octanol–water partition coefficient (Wildman–Crippen LogP) is 1.25. The molecular formula is C14H19NO3Te. The molecule has 2 N–H and O–H groups in total. The first-order valence-corrected chi connectivity index (χ1v) is 10.0. The third-order valence-corrected chi connectivity index (χ3v) is 10.9. The van der Waals surface area contributed by atoms with Crippen LogP contribution in [0.2, 0.25) is 3.46 Å². The van der Waals surface area contributed by atoms with E-state index in [2.05, 4.69) is 11.4 Å². The van der Waals surface area contributed by atoms with Crippen molar-refractivity contribution in [2.24, 2.45) is 5.92 Å². The Labute approximate surface area is 120 Å². The van der Waals surface area contributed by atoms with E-state index in [1.807, 2.05) is 19.9 Å². The molecule has 0 radical (unpaired) electrons. The Balaban J connectivity index is 1.98. The maximum absolute atomic E-state index is 12.7. The second kappa shape index (κ2) is 4.51. The van der Waals surface area contributed by atoms with Crippen LogP contribution in [-0.4, -0.2) is 42.7 Å². The molecule has 0 spiro atoms. The first-order valence-electron chi connectivity index (χ1n) is 6.76. The molecule has 19 heavy (non-hydrogen) atoms. The van der Waals surface area contributed by atoms with Gasteiger partial charge in [0.2, 0.25) is 0 Å². The molecule has 0 saturated carbocycles. The monoisotopic (exact) mass is 379 g/mol. The molecule has 4 atom stereocenters. The molecule has 0 aromatic carbocycles. The zero-order valence-electron chi connectivity index (χ0n) is 11.2. The molecule has 0 unspecified atom stereocenters. The van der Waals surface area contributed by atoms with Crippen molar-refractivity contribution in [1.29, 1.82) is 0 Å². The Bertz CT molecular complexity index is 525. The van der Waals surface area contributed by atoms with Gasteiger partial charge >= 0.3 is 120 Å². The number of aliphatic hydroxyl groups excluding tert-OH is 1. The second-order valence-corrected chi connectivity index (χ2v) is 10.9. The Kier molecular flexibility index (Phi) is 3.20. The van der Waals surface area contributed by atoms with Gasteiger partial charge < -0.3 is 0 Å². The first-order chi connectivity index (χ1) is 9.01. The summed E-state index contributed by atoms with van der Waals surface area (Å²) in [4.78, 5) is 12.1. The topological polar surface area (TPSA) is 66.4 Å². The Morgan fingerprint density at radius 2 is 2.26 bits per heavy atom. The number of aliphatic hydroxyl groups is 1. The zero-order chi connectivity index (χ0) is 13.8. The molecule has 1 fully saturated rings. The minimum absolute atomic E-state index is 0.0293. The summed E-state index contributed by atoms with van der Waals surface area (Å²) < 4.78 is 12.6. The SMILES string of the molecule is CC1=C(C)[Te](=O)[C@@]2([C@@H](O)[C@@H]3C=CCCC3)C(=O)N[C@@H]12. The first kappa shape index (κ1) is 13.5. The minimum atomic E-state index is -3.00. The number of hydrogen-bond acceptors (Lipinski definition) is 3. The van der Waals surface area contributed by atoms with Gasteiger partial charge in [-0.2, -0.15) is 0 Å². The second-order valence-electron chi connectivity index (χ2n) is 5.68. The number of allylic oxidation sites excluding steroid dienone is 2. The zero-order valence-corrected chi connectivity index (χ0v) is 13.5. The van der Waals surface area contributed by atoms with E-state index in [4.69, 9.17) is 0 Å². The van der Waals surface area contributed by atoms with Crippen molar-refractivity contribution in [3.05, 3.63) is 21.3 Å². The van der Waals surface area contributed by atoms with Gasteiger partial charge in [-0.1, -0.05) is 0 Å². The Morgan fingerprint density at radius 3 is 2.79 bits per heavy atom. The summed E-state index contributed by atoms with van der Waals surface area (Å²) in [5.41, 5.74) is 1.00. The van der Waals surface area contributed by atoms with Gasteiger partial charge in [0.05, 0.1) is 0 Å². The fourth-order valence-corrected chi connectivity index (χ4v) is 9.14. The summed E-state index contributed by atoms with van der Waals surface area (Å²) in [6.45, 7) is 3.79. The van der Waals surface area contributed by atoms with E-state index in [0.29, 0.717) is 0 Å². The Hall–Kier alpha value is -0.500. The molecule has 3 aliphatic rings. The van der Waals surface area contributed by atoms with Gasteiger partial charge in [0.15, 0.2) is 0 Å². The molecule has 0 bridgehead atoms. The van der Waals surface area contributed by atoms with Gasteiger partial charge in [-0.05, 0) is 0 Å². The van der Waals surface area contributed by atoms with Crippen LogP contribution in [0, 0.1) is 5.92 Å². The van der Waals surface area contributed by atoms with Crippen LogP contribution in [0.3, 0.4) is 0 Å². The maximum atomic E-state index is 12.7. The van der Waals surface area contributed by atoms with Crippen molar-refractivity contribution in [2.75, 3.05) is 0 Å². The van der Waals surface area contributed by atoms with Crippen molar-refractivity contribution in [1.82, 2.24) is 5.32 Å². The number of nitrogens with one attached hydrogen (secondary N) is 1. The van der Waals surface area contributed by atoms with Crippen LogP contribution in [-0.2, 0) is 7.90 Å².